The second-order valence-electron chi connectivity index (χ2n) is 4.51. The highest BCUT2D eigenvalue weighted by molar-refractivity contribution is 7.07. The first kappa shape index (κ1) is 13.2. The largest absolute Gasteiger partial charge is 0.330 e. The fraction of sp³-hybridized carbons (Fsp3) is 0.357. The van der Waals surface area contributed by atoms with Crippen molar-refractivity contribution in [1.29, 1.82) is 0 Å². The Kier molecular flexibility index (Phi) is 4.87. The lowest BCUT2D eigenvalue weighted by molar-refractivity contribution is 0.316. The van der Waals surface area contributed by atoms with Gasteiger partial charge in [0.25, 0.3) is 0 Å². The van der Waals surface area contributed by atoms with E-state index in [1.807, 2.05) is 5.51 Å². The van der Waals surface area contributed by atoms with Gasteiger partial charge in [-0.15, -0.1) is 11.3 Å². The van der Waals surface area contributed by atoms with Crippen LogP contribution in [0.2, 0.25) is 0 Å². The number of hydrogen-bond acceptors (Lipinski definition) is 4. The molecule has 1 aromatic heterocycles. The van der Waals surface area contributed by atoms with Crippen molar-refractivity contribution in [2.75, 3.05) is 13.6 Å². The van der Waals surface area contributed by atoms with E-state index in [0.29, 0.717) is 6.54 Å². The fourth-order valence-corrected chi connectivity index (χ4v) is 2.49. The Morgan fingerprint density at radius 2 is 1.89 bits per heavy atom. The van der Waals surface area contributed by atoms with Crippen molar-refractivity contribution in [3.63, 3.8) is 0 Å². The third-order valence-electron chi connectivity index (χ3n) is 2.82. The van der Waals surface area contributed by atoms with Crippen molar-refractivity contribution in [1.82, 2.24) is 9.88 Å². The molecule has 4 heteroatoms. The molecule has 0 aliphatic rings. The van der Waals surface area contributed by atoms with Crippen LogP contribution in [0.3, 0.4) is 0 Å². The molecule has 2 aromatic rings. The highest BCUT2D eigenvalue weighted by Gasteiger charge is 2.03. The summed E-state index contributed by atoms with van der Waals surface area (Å²) in [6.45, 7) is 2.55. The Bertz CT molecular complexity index is 450. The fourth-order valence-electron chi connectivity index (χ4n) is 1.94. The Hall–Kier alpha value is -1.23. The van der Waals surface area contributed by atoms with E-state index in [0.717, 1.165) is 25.2 Å². The maximum Gasteiger partial charge on any atom is 0.0795 e. The highest BCUT2D eigenvalue weighted by Crippen LogP contribution is 2.10. The molecule has 0 spiro atoms. The minimum atomic E-state index is 0.711. The molecule has 0 unspecified atom stereocenters. The van der Waals surface area contributed by atoms with Gasteiger partial charge in [0.2, 0.25) is 0 Å². The van der Waals surface area contributed by atoms with E-state index in [1.54, 1.807) is 11.3 Å². The van der Waals surface area contributed by atoms with Gasteiger partial charge in [-0.2, -0.15) is 0 Å². The van der Waals surface area contributed by atoms with Gasteiger partial charge in [-0.3, -0.25) is 4.90 Å². The minimum Gasteiger partial charge on any atom is -0.330 e. The van der Waals surface area contributed by atoms with E-state index in [9.17, 15) is 0 Å². The SMILES string of the molecule is CN(Cc1ccc(CCN)cc1)Cc1cscn1. The van der Waals surface area contributed by atoms with Gasteiger partial charge in [0.1, 0.15) is 0 Å². The summed E-state index contributed by atoms with van der Waals surface area (Å²) in [6.07, 6.45) is 0.953. The molecule has 2 rings (SSSR count). The maximum atomic E-state index is 5.54. The first-order chi connectivity index (χ1) is 8.78. The molecule has 0 amide bonds. The Morgan fingerprint density at radius 1 is 1.17 bits per heavy atom. The molecule has 0 aliphatic carbocycles. The zero-order chi connectivity index (χ0) is 12.8. The van der Waals surface area contributed by atoms with Crippen LogP contribution in [-0.2, 0) is 19.5 Å². The van der Waals surface area contributed by atoms with Gasteiger partial charge in [0.15, 0.2) is 0 Å². The first-order valence-corrected chi connectivity index (χ1v) is 7.05. The number of thiazole rings is 1. The minimum absolute atomic E-state index is 0.711. The Labute approximate surface area is 112 Å². The monoisotopic (exact) mass is 261 g/mol. The maximum absolute atomic E-state index is 5.54. The molecule has 0 saturated heterocycles. The summed E-state index contributed by atoms with van der Waals surface area (Å²) in [7, 11) is 2.12. The molecule has 1 heterocycles. The van der Waals surface area contributed by atoms with Gasteiger partial charge >= 0.3 is 0 Å². The van der Waals surface area contributed by atoms with E-state index in [2.05, 4.69) is 46.6 Å². The number of nitrogens with zero attached hydrogens (tertiary/aromatic N) is 2. The zero-order valence-electron chi connectivity index (χ0n) is 10.7. The molecule has 0 radical (unpaired) electrons. The number of aromatic nitrogens is 1. The molecule has 0 saturated carbocycles. The average Bonchev–Trinajstić information content (AvgIpc) is 2.84. The van der Waals surface area contributed by atoms with Crippen LogP contribution in [0.15, 0.2) is 35.2 Å². The van der Waals surface area contributed by atoms with E-state index in [1.165, 1.54) is 11.1 Å². The van der Waals surface area contributed by atoms with E-state index in [-0.39, 0.29) is 0 Å². The summed E-state index contributed by atoms with van der Waals surface area (Å²) in [6, 6.07) is 8.70. The smallest absolute Gasteiger partial charge is 0.0795 e. The molecule has 18 heavy (non-hydrogen) atoms. The summed E-state index contributed by atoms with van der Waals surface area (Å²) in [5.74, 6) is 0. The topological polar surface area (TPSA) is 42.1 Å². The van der Waals surface area contributed by atoms with E-state index < -0.39 is 0 Å². The summed E-state index contributed by atoms with van der Waals surface area (Å²) >= 11 is 1.65. The summed E-state index contributed by atoms with van der Waals surface area (Å²) in [5, 5.41) is 2.10. The summed E-state index contributed by atoms with van der Waals surface area (Å²) < 4.78 is 0. The predicted octanol–water partition coefficient (Wildman–Crippen LogP) is 2.28. The Morgan fingerprint density at radius 3 is 2.50 bits per heavy atom. The molecule has 3 nitrogen and oxygen atoms in total. The lowest BCUT2D eigenvalue weighted by atomic mass is 10.1. The molecular formula is C14H19N3S. The van der Waals surface area contributed by atoms with Crippen molar-refractivity contribution < 1.29 is 0 Å². The van der Waals surface area contributed by atoms with Gasteiger partial charge in [-0.1, -0.05) is 24.3 Å². The van der Waals surface area contributed by atoms with E-state index >= 15 is 0 Å². The van der Waals surface area contributed by atoms with Crippen molar-refractivity contribution in [2.24, 2.45) is 5.73 Å². The van der Waals surface area contributed by atoms with Crippen molar-refractivity contribution in [3.05, 3.63) is 52.0 Å². The van der Waals surface area contributed by atoms with Crippen LogP contribution in [0.5, 0.6) is 0 Å². The van der Waals surface area contributed by atoms with Crippen LogP contribution >= 0.6 is 11.3 Å². The molecule has 2 N–H and O–H groups in total. The van der Waals surface area contributed by atoms with Gasteiger partial charge in [0.05, 0.1) is 11.2 Å². The van der Waals surface area contributed by atoms with Crippen LogP contribution in [0, 0.1) is 0 Å². The van der Waals surface area contributed by atoms with Crippen LogP contribution < -0.4 is 5.73 Å². The third-order valence-corrected chi connectivity index (χ3v) is 3.46. The van der Waals surface area contributed by atoms with Gasteiger partial charge in [-0.05, 0) is 31.1 Å². The van der Waals surface area contributed by atoms with Gasteiger partial charge in [0, 0.05) is 18.5 Å². The van der Waals surface area contributed by atoms with Crippen LogP contribution in [-0.4, -0.2) is 23.5 Å². The zero-order valence-corrected chi connectivity index (χ0v) is 11.5. The average molecular weight is 261 g/mol. The van der Waals surface area contributed by atoms with E-state index in [4.69, 9.17) is 5.73 Å². The van der Waals surface area contributed by atoms with Crippen LogP contribution in [0.1, 0.15) is 16.8 Å². The second kappa shape index (κ2) is 6.64. The molecular weight excluding hydrogens is 242 g/mol. The molecule has 0 bridgehead atoms. The van der Waals surface area contributed by atoms with Crippen molar-refractivity contribution in [2.45, 2.75) is 19.5 Å². The van der Waals surface area contributed by atoms with Crippen LogP contribution in [0.4, 0.5) is 0 Å². The molecule has 0 aliphatic heterocycles. The molecule has 0 fully saturated rings. The number of nitrogens with two attached hydrogens (primary N) is 1. The number of rotatable bonds is 6. The third kappa shape index (κ3) is 3.91. The highest BCUT2D eigenvalue weighted by atomic mass is 32.1. The van der Waals surface area contributed by atoms with Gasteiger partial charge < -0.3 is 5.73 Å². The second-order valence-corrected chi connectivity index (χ2v) is 5.23. The molecule has 0 atom stereocenters. The predicted molar refractivity (Wildman–Crippen MR) is 76.5 cm³/mol. The van der Waals surface area contributed by atoms with Crippen molar-refractivity contribution in [3.8, 4) is 0 Å². The number of benzene rings is 1. The standard InChI is InChI=1S/C14H19N3S/c1-17(9-14-10-18-11-16-14)8-13-4-2-12(3-5-13)6-7-15/h2-5,10-11H,6-9,15H2,1H3. The summed E-state index contributed by atoms with van der Waals surface area (Å²) in [4.78, 5) is 6.57. The van der Waals surface area contributed by atoms with Crippen LogP contribution in [0.25, 0.3) is 0 Å². The molecule has 1 aromatic carbocycles. The summed E-state index contributed by atoms with van der Waals surface area (Å²) in [5.41, 5.74) is 11.2. The quantitative estimate of drug-likeness (QED) is 0.867. The Balaban J connectivity index is 1.88. The normalized spacial score (nSPS) is 11.1. The number of hydrogen-bond donors (Lipinski definition) is 1. The van der Waals surface area contributed by atoms with Gasteiger partial charge in [-0.25, -0.2) is 4.98 Å². The molecule has 96 valence electrons. The van der Waals surface area contributed by atoms with Crippen molar-refractivity contribution >= 4 is 11.3 Å². The lowest BCUT2D eigenvalue weighted by Gasteiger charge is -2.15. The lowest BCUT2D eigenvalue weighted by Crippen LogP contribution is -2.17. The first-order valence-electron chi connectivity index (χ1n) is 6.11.